The highest BCUT2D eigenvalue weighted by atomic mass is 79.9. The van der Waals surface area contributed by atoms with E-state index in [1.807, 2.05) is 0 Å². The van der Waals surface area contributed by atoms with E-state index in [1.54, 1.807) is 6.92 Å². The molecule has 0 aliphatic carbocycles. The van der Waals surface area contributed by atoms with Crippen LogP contribution in [0.15, 0.2) is 45.8 Å². The number of hydrogen-bond acceptors (Lipinski definition) is 4. The summed E-state index contributed by atoms with van der Waals surface area (Å²) in [5.41, 5.74) is 0.509. The predicted octanol–water partition coefficient (Wildman–Crippen LogP) is 3.72. The molecule has 2 rings (SSSR count). The van der Waals surface area contributed by atoms with Crippen LogP contribution in [-0.4, -0.2) is 32.3 Å². The van der Waals surface area contributed by atoms with E-state index in [1.165, 1.54) is 31.3 Å². The molecule has 140 valence electrons. The minimum Gasteiger partial charge on any atom is -0.462 e. The van der Waals surface area contributed by atoms with Crippen molar-refractivity contribution in [3.05, 3.63) is 63.6 Å². The standard InChI is InChI=1S/C17H16BrF2NO4S/c1-3-25-17(22)12-5-7-16(13(18)9-12)26(23,24)21(2)10-11-4-6-14(19)15(20)8-11/h4-9H,3,10H2,1-2H3. The van der Waals surface area contributed by atoms with Crippen LogP contribution in [0.5, 0.6) is 0 Å². The fourth-order valence-electron chi connectivity index (χ4n) is 2.20. The van der Waals surface area contributed by atoms with Gasteiger partial charge in [-0.25, -0.2) is 22.0 Å². The van der Waals surface area contributed by atoms with Crippen LogP contribution < -0.4 is 0 Å². The summed E-state index contributed by atoms with van der Waals surface area (Å²) in [6.45, 7) is 1.72. The van der Waals surface area contributed by atoms with Gasteiger partial charge in [-0.2, -0.15) is 4.31 Å². The maximum Gasteiger partial charge on any atom is 0.338 e. The van der Waals surface area contributed by atoms with Gasteiger partial charge in [0.25, 0.3) is 0 Å². The van der Waals surface area contributed by atoms with Gasteiger partial charge in [0.15, 0.2) is 11.6 Å². The average molecular weight is 448 g/mol. The molecule has 0 aromatic heterocycles. The molecule has 0 atom stereocenters. The molecule has 0 N–H and O–H groups in total. The number of benzene rings is 2. The molecular formula is C17H16BrF2NO4S. The molecule has 0 saturated carbocycles. The first-order chi connectivity index (χ1) is 12.2. The van der Waals surface area contributed by atoms with Crippen LogP contribution in [0, 0.1) is 11.6 Å². The number of halogens is 3. The summed E-state index contributed by atoms with van der Waals surface area (Å²) in [7, 11) is -2.61. The summed E-state index contributed by atoms with van der Waals surface area (Å²) in [5, 5.41) is 0. The Kier molecular flexibility index (Phi) is 6.48. The van der Waals surface area contributed by atoms with E-state index in [-0.39, 0.29) is 28.1 Å². The fraction of sp³-hybridized carbons (Fsp3) is 0.235. The summed E-state index contributed by atoms with van der Waals surface area (Å²) in [6.07, 6.45) is 0. The highest BCUT2D eigenvalue weighted by Gasteiger charge is 2.25. The van der Waals surface area contributed by atoms with Gasteiger partial charge in [0.2, 0.25) is 10.0 Å². The topological polar surface area (TPSA) is 63.7 Å². The fourth-order valence-corrected chi connectivity index (χ4v) is 4.39. The van der Waals surface area contributed by atoms with Gasteiger partial charge in [-0.15, -0.1) is 0 Å². The number of esters is 1. The summed E-state index contributed by atoms with van der Waals surface area (Å²) >= 11 is 3.15. The number of rotatable bonds is 6. The first-order valence-corrected chi connectivity index (χ1v) is 9.77. The Labute approximate surface area is 158 Å². The molecule has 2 aromatic carbocycles. The zero-order valence-corrected chi connectivity index (χ0v) is 16.4. The largest absolute Gasteiger partial charge is 0.462 e. The van der Waals surface area contributed by atoms with Crippen molar-refractivity contribution in [1.29, 1.82) is 0 Å². The molecule has 0 radical (unpaired) electrons. The Morgan fingerprint density at radius 2 is 1.85 bits per heavy atom. The van der Waals surface area contributed by atoms with Crippen molar-refractivity contribution >= 4 is 31.9 Å². The van der Waals surface area contributed by atoms with E-state index in [2.05, 4.69) is 15.9 Å². The molecule has 0 aliphatic heterocycles. The first kappa shape index (κ1) is 20.5. The van der Waals surface area contributed by atoms with Crippen molar-refractivity contribution in [3.8, 4) is 0 Å². The Balaban J connectivity index is 2.28. The number of nitrogens with zero attached hydrogens (tertiary/aromatic N) is 1. The zero-order valence-electron chi connectivity index (χ0n) is 14.0. The lowest BCUT2D eigenvalue weighted by atomic mass is 10.2. The third-order valence-corrected chi connectivity index (χ3v) is 6.30. The molecule has 0 fully saturated rings. The third kappa shape index (κ3) is 4.46. The van der Waals surface area contributed by atoms with Gasteiger partial charge in [-0.1, -0.05) is 6.07 Å². The lowest BCUT2D eigenvalue weighted by Crippen LogP contribution is -2.27. The minimum absolute atomic E-state index is 0.0596. The van der Waals surface area contributed by atoms with Gasteiger partial charge in [-0.05, 0) is 58.7 Å². The van der Waals surface area contributed by atoms with Crippen molar-refractivity contribution < 1.29 is 26.7 Å². The van der Waals surface area contributed by atoms with Crippen molar-refractivity contribution in [3.63, 3.8) is 0 Å². The number of carbonyl (C=O) groups is 1. The van der Waals surface area contributed by atoms with E-state index in [0.29, 0.717) is 5.56 Å². The van der Waals surface area contributed by atoms with Crippen LogP contribution in [0.1, 0.15) is 22.8 Å². The van der Waals surface area contributed by atoms with Gasteiger partial charge in [0, 0.05) is 18.1 Å². The monoisotopic (exact) mass is 447 g/mol. The highest BCUT2D eigenvalue weighted by molar-refractivity contribution is 9.10. The molecule has 0 unspecified atom stereocenters. The Morgan fingerprint density at radius 1 is 1.15 bits per heavy atom. The van der Waals surface area contributed by atoms with Gasteiger partial charge in [0.05, 0.1) is 17.1 Å². The molecule has 0 bridgehead atoms. The van der Waals surface area contributed by atoms with Gasteiger partial charge >= 0.3 is 5.97 Å². The average Bonchev–Trinajstić information content (AvgIpc) is 2.58. The molecule has 2 aromatic rings. The Hall–Kier alpha value is -1.84. The Bertz CT molecular complexity index is 934. The first-order valence-electron chi connectivity index (χ1n) is 7.53. The summed E-state index contributed by atoms with van der Waals surface area (Å²) < 4.78 is 57.8. The van der Waals surface area contributed by atoms with E-state index in [0.717, 1.165) is 16.4 Å². The van der Waals surface area contributed by atoms with E-state index >= 15 is 0 Å². The lowest BCUT2D eigenvalue weighted by molar-refractivity contribution is 0.0526. The third-order valence-electron chi connectivity index (χ3n) is 3.52. The second kappa shape index (κ2) is 8.24. The molecule has 0 aliphatic rings. The molecule has 9 heteroatoms. The highest BCUT2D eigenvalue weighted by Crippen LogP contribution is 2.27. The van der Waals surface area contributed by atoms with Crippen LogP contribution in [0.4, 0.5) is 8.78 Å². The van der Waals surface area contributed by atoms with Crippen molar-refractivity contribution in [2.24, 2.45) is 0 Å². The van der Waals surface area contributed by atoms with Gasteiger partial charge in [-0.3, -0.25) is 0 Å². The SMILES string of the molecule is CCOC(=O)c1ccc(S(=O)(=O)N(C)Cc2ccc(F)c(F)c2)c(Br)c1. The van der Waals surface area contributed by atoms with Gasteiger partial charge < -0.3 is 4.74 Å². The summed E-state index contributed by atoms with van der Waals surface area (Å²) in [4.78, 5) is 11.7. The molecule has 0 amide bonds. The number of ether oxygens (including phenoxy) is 1. The normalized spacial score (nSPS) is 11.6. The molecule has 26 heavy (non-hydrogen) atoms. The smallest absolute Gasteiger partial charge is 0.338 e. The Morgan fingerprint density at radius 3 is 2.42 bits per heavy atom. The lowest BCUT2D eigenvalue weighted by Gasteiger charge is -2.18. The maximum absolute atomic E-state index is 13.3. The molecule has 5 nitrogen and oxygen atoms in total. The quantitative estimate of drug-likeness (QED) is 0.632. The molecule has 0 spiro atoms. The molecule has 0 saturated heterocycles. The van der Waals surface area contributed by atoms with Crippen LogP contribution >= 0.6 is 15.9 Å². The summed E-state index contributed by atoms with van der Waals surface area (Å²) in [5.74, 6) is -2.61. The predicted molar refractivity (Wildman–Crippen MR) is 95.1 cm³/mol. The maximum atomic E-state index is 13.3. The van der Waals surface area contributed by atoms with Crippen molar-refractivity contribution in [2.45, 2.75) is 18.4 Å². The summed E-state index contributed by atoms with van der Waals surface area (Å²) in [6, 6.07) is 7.18. The minimum atomic E-state index is -3.93. The van der Waals surface area contributed by atoms with Crippen LogP contribution in [-0.2, 0) is 21.3 Å². The number of hydrogen-bond donors (Lipinski definition) is 0. The van der Waals surface area contributed by atoms with Crippen LogP contribution in [0.25, 0.3) is 0 Å². The van der Waals surface area contributed by atoms with Crippen molar-refractivity contribution in [1.82, 2.24) is 4.31 Å². The second-order valence-corrected chi connectivity index (χ2v) is 8.24. The van der Waals surface area contributed by atoms with Gasteiger partial charge in [0.1, 0.15) is 0 Å². The molecular weight excluding hydrogens is 432 g/mol. The van der Waals surface area contributed by atoms with Crippen LogP contribution in [0.2, 0.25) is 0 Å². The van der Waals surface area contributed by atoms with Crippen LogP contribution in [0.3, 0.4) is 0 Å². The number of carbonyl (C=O) groups excluding carboxylic acids is 1. The van der Waals surface area contributed by atoms with E-state index in [4.69, 9.17) is 4.74 Å². The van der Waals surface area contributed by atoms with E-state index in [9.17, 15) is 22.0 Å². The molecule has 0 heterocycles. The number of sulfonamides is 1. The van der Waals surface area contributed by atoms with E-state index < -0.39 is 27.6 Å². The second-order valence-electron chi connectivity index (χ2n) is 5.38. The van der Waals surface area contributed by atoms with Crippen molar-refractivity contribution in [2.75, 3.05) is 13.7 Å². The zero-order chi connectivity index (χ0) is 19.5.